The van der Waals surface area contributed by atoms with Gasteiger partial charge in [-0.1, -0.05) is 141 Å². The Balaban J connectivity index is 1.07. The van der Waals surface area contributed by atoms with E-state index in [1.165, 1.54) is 121 Å². The highest BCUT2D eigenvalue weighted by Crippen LogP contribution is 2.51. The molecule has 59 heavy (non-hydrogen) atoms. The molecule has 0 saturated heterocycles. The van der Waals surface area contributed by atoms with Gasteiger partial charge < -0.3 is 9.13 Å². The van der Waals surface area contributed by atoms with Crippen LogP contribution in [0.25, 0.3) is 110 Å². The van der Waals surface area contributed by atoms with E-state index in [1.807, 2.05) is 0 Å². The second-order valence-corrected chi connectivity index (χ2v) is 16.9. The molecule has 1 aliphatic carbocycles. The van der Waals surface area contributed by atoms with Gasteiger partial charge in [0.15, 0.2) is 0 Å². The molecule has 0 aliphatic heterocycles. The molecule has 2 heterocycles. The summed E-state index contributed by atoms with van der Waals surface area (Å²) in [6.45, 7) is 4.74. The summed E-state index contributed by atoms with van der Waals surface area (Å²) in [6.07, 6.45) is 0. The van der Waals surface area contributed by atoms with Crippen LogP contribution in [0.3, 0.4) is 0 Å². The average molecular weight is 751 g/mol. The molecule has 2 heteroatoms. The molecule has 10 aromatic carbocycles. The van der Waals surface area contributed by atoms with Crippen molar-refractivity contribution in [3.63, 3.8) is 0 Å². The van der Waals surface area contributed by atoms with Crippen LogP contribution in [-0.4, -0.2) is 9.13 Å². The standard InChI is InChI=1S/C57H38N2/c1-57(2)51-21-11-8-18-43(51)48-33-50-49-31-36(25-29-55(49)58(56(50)34-52(48)57)37-14-4-3-5-15-37)35-24-27-41-39-16-6-7-17-40(39)42-28-26-38(32-47(42)46(41)30-35)59-53-22-12-9-19-44(53)45-20-10-13-23-54(45)59/h3-34H,1-2H3. The van der Waals surface area contributed by atoms with Crippen LogP contribution in [0.4, 0.5) is 0 Å². The minimum absolute atomic E-state index is 0.0807. The molecule has 0 radical (unpaired) electrons. The quantitative estimate of drug-likeness (QED) is 0.159. The highest BCUT2D eigenvalue weighted by Gasteiger charge is 2.36. The molecule has 0 atom stereocenters. The maximum atomic E-state index is 2.47. The van der Waals surface area contributed by atoms with Crippen molar-refractivity contribution in [2.75, 3.05) is 0 Å². The first-order valence-corrected chi connectivity index (χ1v) is 20.7. The number of rotatable bonds is 3. The molecular formula is C57H38N2. The summed E-state index contributed by atoms with van der Waals surface area (Å²) in [7, 11) is 0. The lowest BCUT2D eigenvalue weighted by atomic mass is 9.82. The molecule has 1 aliphatic rings. The van der Waals surface area contributed by atoms with Gasteiger partial charge in [-0.05, 0) is 132 Å². The Kier molecular flexibility index (Phi) is 6.54. The lowest BCUT2D eigenvalue weighted by Crippen LogP contribution is -2.14. The molecule has 0 spiro atoms. The molecule has 0 unspecified atom stereocenters. The van der Waals surface area contributed by atoms with Crippen molar-refractivity contribution in [2.45, 2.75) is 19.3 Å². The van der Waals surface area contributed by atoms with E-state index in [4.69, 9.17) is 0 Å². The van der Waals surface area contributed by atoms with Crippen LogP contribution in [0.5, 0.6) is 0 Å². The van der Waals surface area contributed by atoms with E-state index < -0.39 is 0 Å². The molecule has 13 rings (SSSR count). The Bertz CT molecular complexity index is 3690. The van der Waals surface area contributed by atoms with E-state index in [0.717, 1.165) is 0 Å². The summed E-state index contributed by atoms with van der Waals surface area (Å²) in [5.74, 6) is 0. The summed E-state index contributed by atoms with van der Waals surface area (Å²) in [5.41, 5.74) is 15.1. The second kappa shape index (κ2) is 11.8. The molecular weight excluding hydrogens is 713 g/mol. The zero-order valence-corrected chi connectivity index (χ0v) is 32.9. The highest BCUT2D eigenvalue weighted by molar-refractivity contribution is 6.26. The molecule has 12 aromatic rings. The SMILES string of the molecule is CC1(C)c2ccccc2-c2cc3c4cc(-c5ccc6c7ccccc7c7ccc(-n8c9ccccc9c9ccccc98)cc7c6c5)ccc4n(-c4ccccc4)c3cc21. The summed E-state index contributed by atoms with van der Waals surface area (Å²) in [6, 6.07) is 72.5. The predicted molar refractivity (Wildman–Crippen MR) is 251 cm³/mol. The molecule has 0 saturated carbocycles. The number of aromatic nitrogens is 2. The monoisotopic (exact) mass is 750 g/mol. The van der Waals surface area contributed by atoms with Gasteiger partial charge in [0.25, 0.3) is 0 Å². The molecule has 0 N–H and O–H groups in total. The maximum absolute atomic E-state index is 2.47. The van der Waals surface area contributed by atoms with Crippen molar-refractivity contribution in [1.82, 2.24) is 9.13 Å². The van der Waals surface area contributed by atoms with Gasteiger partial charge in [-0.15, -0.1) is 0 Å². The van der Waals surface area contributed by atoms with Crippen LogP contribution in [0.15, 0.2) is 194 Å². The van der Waals surface area contributed by atoms with Gasteiger partial charge in [-0.3, -0.25) is 0 Å². The van der Waals surface area contributed by atoms with Crippen molar-refractivity contribution in [1.29, 1.82) is 0 Å². The van der Waals surface area contributed by atoms with Gasteiger partial charge in [0.2, 0.25) is 0 Å². The Morgan fingerprint density at radius 2 is 0.797 bits per heavy atom. The number of nitrogens with zero attached hydrogens (tertiary/aromatic N) is 2. The van der Waals surface area contributed by atoms with Crippen molar-refractivity contribution in [2.24, 2.45) is 0 Å². The average Bonchev–Trinajstić information content (AvgIpc) is 3.88. The normalized spacial score (nSPS) is 13.4. The number of hydrogen-bond acceptors (Lipinski definition) is 0. The third-order valence-corrected chi connectivity index (χ3v) is 13.5. The van der Waals surface area contributed by atoms with Crippen molar-refractivity contribution in [3.05, 3.63) is 205 Å². The van der Waals surface area contributed by atoms with Gasteiger partial charge in [0.1, 0.15) is 0 Å². The molecule has 0 fully saturated rings. The third kappa shape index (κ3) is 4.46. The molecule has 2 nitrogen and oxygen atoms in total. The topological polar surface area (TPSA) is 9.86 Å². The minimum atomic E-state index is -0.0807. The van der Waals surface area contributed by atoms with Gasteiger partial charge in [0, 0.05) is 38.3 Å². The number of fused-ring (bicyclic) bond motifs is 15. The van der Waals surface area contributed by atoms with E-state index >= 15 is 0 Å². The van der Waals surface area contributed by atoms with Crippen molar-refractivity contribution >= 4 is 75.9 Å². The van der Waals surface area contributed by atoms with E-state index in [9.17, 15) is 0 Å². The summed E-state index contributed by atoms with van der Waals surface area (Å²) >= 11 is 0. The largest absolute Gasteiger partial charge is 0.309 e. The van der Waals surface area contributed by atoms with Gasteiger partial charge >= 0.3 is 0 Å². The van der Waals surface area contributed by atoms with Crippen LogP contribution >= 0.6 is 0 Å². The smallest absolute Gasteiger partial charge is 0.0544 e. The Morgan fingerprint density at radius 3 is 1.53 bits per heavy atom. The van der Waals surface area contributed by atoms with Crippen LogP contribution in [0, 0.1) is 0 Å². The van der Waals surface area contributed by atoms with Crippen LogP contribution < -0.4 is 0 Å². The van der Waals surface area contributed by atoms with Crippen LogP contribution in [-0.2, 0) is 5.41 Å². The number of para-hydroxylation sites is 3. The molecule has 0 bridgehead atoms. The maximum Gasteiger partial charge on any atom is 0.0544 e. The Labute approximate surface area is 341 Å². The van der Waals surface area contributed by atoms with E-state index in [2.05, 4.69) is 217 Å². The first kappa shape index (κ1) is 32.6. The predicted octanol–water partition coefficient (Wildman–Crippen LogP) is 15.3. The van der Waals surface area contributed by atoms with Crippen LogP contribution in [0.2, 0.25) is 0 Å². The zero-order valence-electron chi connectivity index (χ0n) is 32.9. The fourth-order valence-electron chi connectivity index (χ4n) is 10.7. The van der Waals surface area contributed by atoms with E-state index in [0.29, 0.717) is 0 Å². The molecule has 276 valence electrons. The first-order chi connectivity index (χ1) is 29.0. The summed E-state index contributed by atoms with van der Waals surface area (Å²) in [5, 5.41) is 12.7. The Hall–Kier alpha value is -7.42. The third-order valence-electron chi connectivity index (χ3n) is 13.5. The minimum Gasteiger partial charge on any atom is -0.309 e. The van der Waals surface area contributed by atoms with E-state index in [1.54, 1.807) is 0 Å². The highest BCUT2D eigenvalue weighted by atomic mass is 15.0. The van der Waals surface area contributed by atoms with Crippen molar-refractivity contribution < 1.29 is 0 Å². The van der Waals surface area contributed by atoms with Gasteiger partial charge in [-0.2, -0.15) is 0 Å². The number of hydrogen-bond donors (Lipinski definition) is 0. The number of benzene rings is 10. The molecule has 2 aromatic heterocycles. The van der Waals surface area contributed by atoms with Crippen LogP contribution in [0.1, 0.15) is 25.0 Å². The lowest BCUT2D eigenvalue weighted by Gasteiger charge is -2.21. The molecule has 0 amide bonds. The lowest BCUT2D eigenvalue weighted by molar-refractivity contribution is 0.661. The summed E-state index contributed by atoms with van der Waals surface area (Å²) < 4.78 is 4.89. The second-order valence-electron chi connectivity index (χ2n) is 16.9. The Morgan fingerprint density at radius 1 is 0.288 bits per heavy atom. The van der Waals surface area contributed by atoms with Crippen molar-refractivity contribution in [3.8, 4) is 33.6 Å². The summed E-state index contributed by atoms with van der Waals surface area (Å²) in [4.78, 5) is 0. The van der Waals surface area contributed by atoms with Gasteiger partial charge in [0.05, 0.1) is 22.1 Å². The first-order valence-electron chi connectivity index (χ1n) is 20.7. The zero-order chi connectivity index (χ0) is 39.0. The van der Waals surface area contributed by atoms with Gasteiger partial charge in [-0.25, -0.2) is 0 Å². The van der Waals surface area contributed by atoms with E-state index in [-0.39, 0.29) is 5.41 Å². The fourth-order valence-corrected chi connectivity index (χ4v) is 10.7. The fraction of sp³-hybridized carbons (Fsp3) is 0.0526.